The number of sulfonamides is 1. The lowest BCUT2D eigenvalue weighted by atomic mass is 9.86. The molecule has 174 valence electrons. The van der Waals surface area contributed by atoms with Gasteiger partial charge < -0.3 is 5.32 Å². The van der Waals surface area contributed by atoms with E-state index in [2.05, 4.69) is 38.2 Å². The molecule has 32 heavy (non-hydrogen) atoms. The van der Waals surface area contributed by atoms with E-state index in [0.29, 0.717) is 18.7 Å². The van der Waals surface area contributed by atoms with Crippen LogP contribution in [0.5, 0.6) is 0 Å². The molecule has 2 aromatic carbocycles. The summed E-state index contributed by atoms with van der Waals surface area (Å²) in [4.78, 5) is 13.3. The molecule has 1 amide bonds. The highest BCUT2D eigenvalue weighted by Gasteiger charge is 2.26. The molecule has 0 radical (unpaired) electrons. The van der Waals surface area contributed by atoms with E-state index in [1.165, 1.54) is 11.6 Å². The van der Waals surface area contributed by atoms with Crippen molar-refractivity contribution in [1.82, 2.24) is 9.62 Å². The SMILES string of the molecule is Cc1ccc(S(=O)(=O)N2CCCCCC2)cc1C(=O)N[C@H](C)c1ccc(C(C)(C)C)cc1. The van der Waals surface area contributed by atoms with Crippen LogP contribution in [-0.2, 0) is 15.4 Å². The number of rotatable bonds is 5. The van der Waals surface area contributed by atoms with E-state index in [1.807, 2.05) is 26.0 Å². The van der Waals surface area contributed by atoms with E-state index in [4.69, 9.17) is 0 Å². The Hall–Kier alpha value is -2.18. The van der Waals surface area contributed by atoms with Gasteiger partial charge in [-0.3, -0.25) is 4.79 Å². The van der Waals surface area contributed by atoms with E-state index in [9.17, 15) is 13.2 Å². The Morgan fingerprint density at radius 3 is 2.12 bits per heavy atom. The minimum absolute atomic E-state index is 0.0709. The minimum Gasteiger partial charge on any atom is -0.346 e. The molecule has 0 bridgehead atoms. The number of nitrogens with zero attached hydrogens (tertiary/aromatic N) is 1. The fraction of sp³-hybridized carbons (Fsp3) is 0.500. The van der Waals surface area contributed by atoms with Crippen molar-refractivity contribution in [2.45, 2.75) is 76.7 Å². The van der Waals surface area contributed by atoms with Crippen LogP contribution in [0.25, 0.3) is 0 Å². The van der Waals surface area contributed by atoms with Crippen molar-refractivity contribution in [3.05, 3.63) is 64.7 Å². The molecule has 0 aliphatic carbocycles. The van der Waals surface area contributed by atoms with Crippen molar-refractivity contribution < 1.29 is 13.2 Å². The van der Waals surface area contributed by atoms with Gasteiger partial charge in [0.1, 0.15) is 0 Å². The Morgan fingerprint density at radius 1 is 0.969 bits per heavy atom. The number of hydrogen-bond donors (Lipinski definition) is 1. The van der Waals surface area contributed by atoms with Crippen LogP contribution in [0.3, 0.4) is 0 Å². The molecule has 3 rings (SSSR count). The second kappa shape index (κ2) is 9.75. The van der Waals surface area contributed by atoms with Crippen molar-refractivity contribution in [2.75, 3.05) is 13.1 Å². The van der Waals surface area contributed by atoms with Gasteiger partial charge in [0, 0.05) is 18.7 Å². The van der Waals surface area contributed by atoms with Crippen LogP contribution in [0.2, 0.25) is 0 Å². The summed E-state index contributed by atoms with van der Waals surface area (Å²) in [5.41, 5.74) is 3.48. The number of amides is 1. The fourth-order valence-corrected chi connectivity index (χ4v) is 5.61. The Labute approximate surface area is 193 Å². The second-order valence-electron chi connectivity index (χ2n) is 9.86. The summed E-state index contributed by atoms with van der Waals surface area (Å²) in [6.07, 6.45) is 3.87. The van der Waals surface area contributed by atoms with Crippen LogP contribution in [0.1, 0.15) is 86.5 Å². The molecule has 0 spiro atoms. The number of carbonyl (C=O) groups excluding carboxylic acids is 1. The van der Waals surface area contributed by atoms with Gasteiger partial charge in [-0.15, -0.1) is 0 Å². The molecule has 6 heteroatoms. The molecule has 2 aromatic rings. The van der Waals surface area contributed by atoms with E-state index in [-0.39, 0.29) is 22.3 Å². The van der Waals surface area contributed by atoms with Gasteiger partial charge in [-0.05, 0) is 60.9 Å². The number of hydrogen-bond acceptors (Lipinski definition) is 3. The third-order valence-electron chi connectivity index (χ3n) is 6.28. The highest BCUT2D eigenvalue weighted by Crippen LogP contribution is 2.25. The zero-order chi connectivity index (χ0) is 23.5. The Bertz CT molecular complexity index is 1050. The van der Waals surface area contributed by atoms with Gasteiger partial charge >= 0.3 is 0 Å². The van der Waals surface area contributed by atoms with Crippen LogP contribution in [0, 0.1) is 6.92 Å². The lowest BCUT2D eigenvalue weighted by Gasteiger charge is -2.22. The normalized spacial score (nSPS) is 16.9. The standard InChI is InChI=1S/C26H36N2O3S/c1-19-10-15-23(32(30,31)28-16-8-6-7-9-17-28)18-24(19)25(29)27-20(2)21-11-13-22(14-12-21)26(3,4)5/h10-15,18,20H,6-9,16-17H2,1-5H3,(H,27,29)/t20-/m1/s1. The quantitative estimate of drug-likeness (QED) is 0.660. The van der Waals surface area contributed by atoms with Crippen LogP contribution in [-0.4, -0.2) is 31.7 Å². The number of benzene rings is 2. The van der Waals surface area contributed by atoms with Gasteiger partial charge in [-0.25, -0.2) is 8.42 Å². The average molecular weight is 457 g/mol. The molecule has 1 aliphatic heterocycles. The van der Waals surface area contributed by atoms with Crippen molar-refractivity contribution in [1.29, 1.82) is 0 Å². The molecular weight excluding hydrogens is 420 g/mol. The maximum Gasteiger partial charge on any atom is 0.252 e. The maximum absolute atomic E-state index is 13.2. The Balaban J connectivity index is 1.79. The molecular formula is C26H36N2O3S. The van der Waals surface area contributed by atoms with Gasteiger partial charge in [0.25, 0.3) is 5.91 Å². The summed E-state index contributed by atoms with van der Waals surface area (Å²) in [7, 11) is -3.60. The Morgan fingerprint density at radius 2 is 1.56 bits per heavy atom. The average Bonchev–Trinajstić information content (AvgIpc) is 3.03. The van der Waals surface area contributed by atoms with Crippen molar-refractivity contribution >= 4 is 15.9 Å². The summed E-state index contributed by atoms with van der Waals surface area (Å²) < 4.78 is 27.9. The third-order valence-corrected chi connectivity index (χ3v) is 8.18. The smallest absolute Gasteiger partial charge is 0.252 e. The van der Waals surface area contributed by atoms with Crippen LogP contribution >= 0.6 is 0 Å². The van der Waals surface area contributed by atoms with Crippen LogP contribution < -0.4 is 5.32 Å². The highest BCUT2D eigenvalue weighted by molar-refractivity contribution is 7.89. The van der Waals surface area contributed by atoms with Gasteiger partial charge in [-0.2, -0.15) is 4.31 Å². The first kappa shape index (κ1) is 24.5. The van der Waals surface area contributed by atoms with E-state index >= 15 is 0 Å². The number of aryl methyl sites for hydroxylation is 1. The lowest BCUT2D eigenvalue weighted by molar-refractivity contribution is 0.0939. The van der Waals surface area contributed by atoms with Gasteiger partial charge in [0.05, 0.1) is 10.9 Å². The summed E-state index contributed by atoms with van der Waals surface area (Å²) in [6, 6.07) is 12.9. The maximum atomic E-state index is 13.2. The van der Waals surface area contributed by atoms with Crippen LogP contribution in [0.15, 0.2) is 47.4 Å². The molecule has 1 saturated heterocycles. The summed E-state index contributed by atoms with van der Waals surface area (Å²) >= 11 is 0. The van der Waals surface area contributed by atoms with Crippen molar-refractivity contribution in [3.63, 3.8) is 0 Å². The molecule has 0 saturated carbocycles. The first-order valence-electron chi connectivity index (χ1n) is 11.5. The largest absolute Gasteiger partial charge is 0.346 e. The minimum atomic E-state index is -3.60. The third kappa shape index (κ3) is 5.59. The lowest BCUT2D eigenvalue weighted by Crippen LogP contribution is -2.32. The molecule has 0 unspecified atom stereocenters. The summed E-state index contributed by atoms with van der Waals surface area (Å²) in [5, 5.41) is 3.03. The van der Waals surface area contributed by atoms with E-state index < -0.39 is 10.0 Å². The predicted octanol–water partition coefficient (Wildman–Crippen LogP) is 5.35. The Kier molecular flexibility index (Phi) is 7.46. The van der Waals surface area contributed by atoms with Crippen molar-refractivity contribution in [3.8, 4) is 0 Å². The monoisotopic (exact) mass is 456 g/mol. The second-order valence-corrected chi connectivity index (χ2v) is 11.8. The zero-order valence-corrected chi connectivity index (χ0v) is 20.8. The molecule has 1 atom stereocenters. The van der Waals surface area contributed by atoms with E-state index in [1.54, 1.807) is 16.4 Å². The van der Waals surface area contributed by atoms with Crippen molar-refractivity contribution in [2.24, 2.45) is 0 Å². The highest BCUT2D eigenvalue weighted by atomic mass is 32.2. The van der Waals surface area contributed by atoms with Gasteiger partial charge in [0.15, 0.2) is 0 Å². The number of nitrogens with one attached hydrogen (secondary N) is 1. The number of carbonyl (C=O) groups is 1. The van der Waals surface area contributed by atoms with Gasteiger partial charge in [-0.1, -0.05) is 63.9 Å². The molecule has 1 heterocycles. The summed E-state index contributed by atoms with van der Waals surface area (Å²) in [5.74, 6) is -0.261. The predicted molar refractivity (Wildman–Crippen MR) is 129 cm³/mol. The topological polar surface area (TPSA) is 66.5 Å². The van der Waals surface area contributed by atoms with Crippen LogP contribution in [0.4, 0.5) is 0 Å². The molecule has 1 N–H and O–H groups in total. The first-order valence-corrected chi connectivity index (χ1v) is 13.0. The molecule has 5 nitrogen and oxygen atoms in total. The molecule has 1 fully saturated rings. The summed E-state index contributed by atoms with van der Waals surface area (Å²) in [6.45, 7) is 11.4. The molecule has 0 aromatic heterocycles. The van der Waals surface area contributed by atoms with Gasteiger partial charge in [0.2, 0.25) is 10.0 Å². The zero-order valence-electron chi connectivity index (χ0n) is 19.9. The fourth-order valence-electron chi connectivity index (χ4n) is 4.07. The molecule has 1 aliphatic rings. The van der Waals surface area contributed by atoms with E-state index in [0.717, 1.165) is 36.8 Å². The first-order chi connectivity index (χ1) is 15.0.